The van der Waals surface area contributed by atoms with E-state index in [4.69, 9.17) is 4.74 Å². The first-order chi connectivity index (χ1) is 13.4. The van der Waals surface area contributed by atoms with Crippen molar-refractivity contribution in [1.29, 1.82) is 0 Å². The number of amides is 2. The number of aliphatic carboxylic acids is 1. The third kappa shape index (κ3) is 5.00. The molecule has 10 nitrogen and oxygen atoms in total. The lowest BCUT2D eigenvalue weighted by atomic mass is 10.3. The number of nitrogens with zero attached hydrogens (tertiary/aromatic N) is 5. The predicted molar refractivity (Wildman–Crippen MR) is 107 cm³/mol. The van der Waals surface area contributed by atoms with Crippen LogP contribution in [0.5, 0.6) is 0 Å². The van der Waals surface area contributed by atoms with Crippen LogP contribution in [0.3, 0.4) is 0 Å². The van der Waals surface area contributed by atoms with Gasteiger partial charge in [-0.1, -0.05) is 0 Å². The summed E-state index contributed by atoms with van der Waals surface area (Å²) >= 11 is 0. The molecule has 1 aromatic heterocycles. The highest BCUT2D eigenvalue weighted by Crippen LogP contribution is 2.27. The third-order valence-corrected chi connectivity index (χ3v) is 4.65. The molecule has 0 bridgehead atoms. The quantitative estimate of drug-likeness (QED) is 0.682. The summed E-state index contributed by atoms with van der Waals surface area (Å²) in [6.45, 7) is 11.3. The molecular weight excluding hydrogens is 364 g/mol. The minimum atomic E-state index is -1.00. The molecule has 0 aliphatic carbocycles. The SMILES string of the molecule is CCN(CC)c1ncc(N(CC)C(=O)N2CCOCC2)c(NC(C)C(=O)O)n1. The number of carbonyl (C=O) groups is 2. The average Bonchev–Trinajstić information content (AvgIpc) is 2.71. The summed E-state index contributed by atoms with van der Waals surface area (Å²) in [5, 5.41) is 12.2. The number of carboxylic acids is 1. The minimum Gasteiger partial charge on any atom is -0.480 e. The zero-order valence-corrected chi connectivity index (χ0v) is 17.0. The van der Waals surface area contributed by atoms with Crippen molar-refractivity contribution in [3.8, 4) is 0 Å². The van der Waals surface area contributed by atoms with Crippen LogP contribution in [0.4, 0.5) is 22.2 Å². The normalized spacial score (nSPS) is 15.1. The Labute approximate surface area is 165 Å². The van der Waals surface area contributed by atoms with Crippen LogP contribution in [0, 0.1) is 0 Å². The number of anilines is 3. The van der Waals surface area contributed by atoms with Gasteiger partial charge in [0.25, 0.3) is 0 Å². The van der Waals surface area contributed by atoms with Gasteiger partial charge in [-0.25, -0.2) is 9.78 Å². The molecule has 0 radical (unpaired) electrons. The molecule has 2 heterocycles. The van der Waals surface area contributed by atoms with Crippen molar-refractivity contribution in [3.05, 3.63) is 6.20 Å². The van der Waals surface area contributed by atoms with Crippen molar-refractivity contribution >= 4 is 29.5 Å². The first kappa shape index (κ1) is 21.7. The Hall–Kier alpha value is -2.62. The maximum absolute atomic E-state index is 13.0. The van der Waals surface area contributed by atoms with Gasteiger partial charge in [-0.15, -0.1) is 0 Å². The van der Waals surface area contributed by atoms with Gasteiger partial charge in [0.1, 0.15) is 11.7 Å². The van der Waals surface area contributed by atoms with Gasteiger partial charge >= 0.3 is 12.0 Å². The van der Waals surface area contributed by atoms with Crippen LogP contribution in [0.1, 0.15) is 27.7 Å². The Morgan fingerprint density at radius 3 is 2.43 bits per heavy atom. The molecule has 1 saturated heterocycles. The van der Waals surface area contributed by atoms with Crippen LogP contribution in [0.15, 0.2) is 6.20 Å². The number of hydrogen-bond acceptors (Lipinski definition) is 7. The van der Waals surface area contributed by atoms with Crippen molar-refractivity contribution in [2.45, 2.75) is 33.7 Å². The van der Waals surface area contributed by atoms with E-state index in [1.54, 1.807) is 16.0 Å². The van der Waals surface area contributed by atoms with Crippen LogP contribution >= 0.6 is 0 Å². The topological polar surface area (TPSA) is 111 Å². The molecule has 1 unspecified atom stereocenters. The lowest BCUT2D eigenvalue weighted by molar-refractivity contribution is -0.137. The number of carboxylic acid groups (broad SMARTS) is 1. The zero-order chi connectivity index (χ0) is 20.7. The van der Waals surface area contributed by atoms with Crippen molar-refractivity contribution in [3.63, 3.8) is 0 Å². The van der Waals surface area contributed by atoms with Crippen LogP contribution in [0.25, 0.3) is 0 Å². The van der Waals surface area contributed by atoms with E-state index in [9.17, 15) is 14.7 Å². The number of hydrogen-bond donors (Lipinski definition) is 2. The fraction of sp³-hybridized carbons (Fsp3) is 0.667. The molecule has 2 rings (SSSR count). The summed E-state index contributed by atoms with van der Waals surface area (Å²) in [7, 11) is 0. The molecule has 2 N–H and O–H groups in total. The smallest absolute Gasteiger partial charge is 0.325 e. The number of morpholine rings is 1. The van der Waals surface area contributed by atoms with Gasteiger partial charge < -0.3 is 25.0 Å². The highest BCUT2D eigenvalue weighted by Gasteiger charge is 2.27. The Morgan fingerprint density at radius 2 is 1.89 bits per heavy atom. The number of aromatic nitrogens is 2. The Balaban J connectivity index is 2.40. The van der Waals surface area contributed by atoms with E-state index in [-0.39, 0.29) is 6.03 Å². The lowest BCUT2D eigenvalue weighted by Gasteiger charge is -2.33. The fourth-order valence-electron chi connectivity index (χ4n) is 2.93. The molecule has 0 saturated carbocycles. The summed E-state index contributed by atoms with van der Waals surface area (Å²) in [6, 6.07) is -1.04. The first-order valence-corrected chi connectivity index (χ1v) is 9.68. The van der Waals surface area contributed by atoms with E-state index in [1.165, 1.54) is 6.92 Å². The van der Waals surface area contributed by atoms with Gasteiger partial charge in [0.15, 0.2) is 5.82 Å². The van der Waals surface area contributed by atoms with E-state index in [2.05, 4.69) is 15.3 Å². The van der Waals surface area contributed by atoms with E-state index < -0.39 is 12.0 Å². The van der Waals surface area contributed by atoms with Gasteiger partial charge in [0, 0.05) is 32.7 Å². The molecule has 1 fully saturated rings. The Morgan fingerprint density at radius 1 is 1.25 bits per heavy atom. The molecule has 10 heteroatoms. The summed E-state index contributed by atoms with van der Waals surface area (Å²) in [5.41, 5.74) is 0.461. The average molecular weight is 394 g/mol. The zero-order valence-electron chi connectivity index (χ0n) is 17.0. The second kappa shape index (κ2) is 10.1. The Kier molecular flexibility index (Phi) is 7.80. The second-order valence-corrected chi connectivity index (χ2v) is 6.41. The van der Waals surface area contributed by atoms with Crippen molar-refractivity contribution in [2.24, 2.45) is 0 Å². The van der Waals surface area contributed by atoms with Crippen LogP contribution in [0.2, 0.25) is 0 Å². The van der Waals surface area contributed by atoms with Crippen LogP contribution < -0.4 is 15.1 Å². The maximum Gasteiger partial charge on any atom is 0.325 e. The molecule has 1 aromatic rings. The van der Waals surface area contributed by atoms with Gasteiger partial charge in [-0.3, -0.25) is 9.69 Å². The molecule has 0 spiro atoms. The molecule has 2 amide bonds. The number of ether oxygens (including phenoxy) is 1. The standard InChI is InChI=1S/C18H30N6O4/c1-5-22(6-2)17-19-12-14(15(21-17)20-13(4)16(25)26)24(7-3)18(27)23-8-10-28-11-9-23/h12-13H,5-11H2,1-4H3,(H,25,26)(H,19,20,21). The van der Waals surface area contributed by atoms with Gasteiger partial charge in [0.05, 0.1) is 19.4 Å². The van der Waals surface area contributed by atoms with Gasteiger partial charge in [-0.05, 0) is 27.7 Å². The summed E-state index contributed by atoms with van der Waals surface area (Å²) in [6.07, 6.45) is 1.58. The third-order valence-electron chi connectivity index (χ3n) is 4.65. The van der Waals surface area contributed by atoms with Crippen molar-refractivity contribution < 1.29 is 19.4 Å². The molecule has 1 atom stereocenters. The van der Waals surface area contributed by atoms with E-state index in [0.29, 0.717) is 63.4 Å². The number of rotatable bonds is 8. The molecule has 1 aliphatic heterocycles. The number of nitrogens with one attached hydrogen (secondary N) is 1. The molecule has 0 aromatic carbocycles. The van der Waals surface area contributed by atoms with Crippen LogP contribution in [-0.4, -0.2) is 84.0 Å². The lowest BCUT2D eigenvalue weighted by Crippen LogP contribution is -2.48. The van der Waals surface area contributed by atoms with E-state index in [1.807, 2.05) is 25.7 Å². The predicted octanol–water partition coefficient (Wildman–Crippen LogP) is 1.49. The number of carbonyl (C=O) groups excluding carboxylic acids is 1. The monoisotopic (exact) mass is 394 g/mol. The van der Waals surface area contributed by atoms with Crippen molar-refractivity contribution in [2.75, 3.05) is 61.1 Å². The second-order valence-electron chi connectivity index (χ2n) is 6.41. The maximum atomic E-state index is 13.0. The molecule has 1 aliphatic rings. The highest BCUT2D eigenvalue weighted by atomic mass is 16.5. The van der Waals surface area contributed by atoms with Crippen LogP contribution in [-0.2, 0) is 9.53 Å². The highest BCUT2D eigenvalue weighted by molar-refractivity contribution is 5.95. The largest absolute Gasteiger partial charge is 0.480 e. The van der Waals surface area contributed by atoms with Crippen molar-refractivity contribution in [1.82, 2.24) is 14.9 Å². The molecule has 156 valence electrons. The molecular formula is C18H30N6O4. The molecule has 28 heavy (non-hydrogen) atoms. The Bertz CT molecular complexity index is 676. The van der Waals surface area contributed by atoms with Gasteiger partial charge in [-0.2, -0.15) is 4.98 Å². The number of urea groups is 1. The van der Waals surface area contributed by atoms with E-state index in [0.717, 1.165) is 0 Å². The summed E-state index contributed by atoms with van der Waals surface area (Å²) in [5.74, 6) is -0.185. The minimum absolute atomic E-state index is 0.170. The summed E-state index contributed by atoms with van der Waals surface area (Å²) < 4.78 is 5.32. The summed E-state index contributed by atoms with van der Waals surface area (Å²) in [4.78, 5) is 38.6. The fourth-order valence-corrected chi connectivity index (χ4v) is 2.93. The van der Waals surface area contributed by atoms with Gasteiger partial charge in [0.2, 0.25) is 5.95 Å². The first-order valence-electron chi connectivity index (χ1n) is 9.68. The van der Waals surface area contributed by atoms with E-state index >= 15 is 0 Å².